The van der Waals surface area contributed by atoms with E-state index in [9.17, 15) is 9.18 Å². The lowest BCUT2D eigenvalue weighted by Gasteiger charge is -2.09. The predicted molar refractivity (Wildman–Crippen MR) is 77.6 cm³/mol. The first-order valence-corrected chi connectivity index (χ1v) is 6.40. The summed E-state index contributed by atoms with van der Waals surface area (Å²) in [5.74, 6) is -0.911. The van der Waals surface area contributed by atoms with Gasteiger partial charge in [-0.2, -0.15) is 0 Å². The number of carbonyl (C=O) groups is 1. The van der Waals surface area contributed by atoms with Gasteiger partial charge >= 0.3 is 0 Å². The molecular formula is C14H12BrFN2O. The van der Waals surface area contributed by atoms with Crippen LogP contribution in [0.25, 0.3) is 0 Å². The molecule has 3 N–H and O–H groups in total. The third-order valence-corrected chi connectivity index (χ3v) is 3.73. The monoisotopic (exact) mass is 322 g/mol. The van der Waals surface area contributed by atoms with E-state index in [1.807, 2.05) is 13.0 Å². The summed E-state index contributed by atoms with van der Waals surface area (Å²) in [7, 11) is 0. The number of amides is 1. The number of aryl methyl sites for hydroxylation is 1. The molecule has 0 aromatic heterocycles. The van der Waals surface area contributed by atoms with E-state index in [4.69, 9.17) is 5.73 Å². The van der Waals surface area contributed by atoms with Crippen LogP contribution < -0.4 is 11.1 Å². The van der Waals surface area contributed by atoms with Crippen LogP contribution in [0.4, 0.5) is 15.8 Å². The van der Waals surface area contributed by atoms with E-state index in [0.29, 0.717) is 15.7 Å². The van der Waals surface area contributed by atoms with Crippen molar-refractivity contribution in [2.24, 2.45) is 0 Å². The van der Waals surface area contributed by atoms with Crippen LogP contribution in [0.5, 0.6) is 0 Å². The number of hydrogen-bond acceptors (Lipinski definition) is 2. The molecule has 0 heterocycles. The van der Waals surface area contributed by atoms with Gasteiger partial charge < -0.3 is 11.1 Å². The topological polar surface area (TPSA) is 55.1 Å². The van der Waals surface area contributed by atoms with E-state index < -0.39 is 5.82 Å². The molecular weight excluding hydrogens is 311 g/mol. The minimum Gasteiger partial charge on any atom is -0.399 e. The smallest absolute Gasteiger partial charge is 0.256 e. The zero-order valence-electron chi connectivity index (χ0n) is 10.2. The molecule has 0 fully saturated rings. The van der Waals surface area contributed by atoms with Gasteiger partial charge in [-0.15, -0.1) is 0 Å². The summed E-state index contributed by atoms with van der Waals surface area (Å²) in [5.41, 5.74) is 7.40. The highest BCUT2D eigenvalue weighted by atomic mass is 79.9. The minimum absolute atomic E-state index is 0.0680. The lowest BCUT2D eigenvalue weighted by atomic mass is 10.1. The number of rotatable bonds is 2. The minimum atomic E-state index is -0.522. The van der Waals surface area contributed by atoms with Crippen molar-refractivity contribution in [3.05, 3.63) is 57.8 Å². The Morgan fingerprint density at radius 2 is 2.05 bits per heavy atom. The molecule has 0 unspecified atom stereocenters. The van der Waals surface area contributed by atoms with Gasteiger partial charge in [0.05, 0.1) is 11.3 Å². The fourth-order valence-electron chi connectivity index (χ4n) is 1.65. The van der Waals surface area contributed by atoms with E-state index in [2.05, 4.69) is 21.2 Å². The van der Waals surface area contributed by atoms with Gasteiger partial charge in [0, 0.05) is 10.2 Å². The number of hydrogen-bond donors (Lipinski definition) is 2. The molecule has 0 bridgehead atoms. The molecule has 0 aliphatic carbocycles. The van der Waals surface area contributed by atoms with Crippen LogP contribution >= 0.6 is 15.9 Å². The fraction of sp³-hybridized carbons (Fsp3) is 0.0714. The number of nitrogen functional groups attached to an aromatic ring is 1. The first kappa shape index (κ1) is 13.5. The second-order valence-corrected chi connectivity index (χ2v) is 4.92. The Hall–Kier alpha value is -1.88. The van der Waals surface area contributed by atoms with Gasteiger partial charge in [-0.1, -0.05) is 12.1 Å². The van der Waals surface area contributed by atoms with Gasteiger partial charge in [-0.25, -0.2) is 4.39 Å². The number of carbonyl (C=O) groups excluding carboxylic acids is 1. The highest BCUT2D eigenvalue weighted by Crippen LogP contribution is 2.23. The van der Waals surface area contributed by atoms with E-state index in [1.54, 1.807) is 12.1 Å². The summed E-state index contributed by atoms with van der Waals surface area (Å²) in [6, 6.07) is 9.35. The molecule has 0 spiro atoms. The van der Waals surface area contributed by atoms with Crippen LogP contribution in [0, 0.1) is 12.7 Å². The third kappa shape index (κ3) is 2.93. The van der Waals surface area contributed by atoms with Crippen molar-refractivity contribution >= 4 is 33.2 Å². The quantitative estimate of drug-likeness (QED) is 0.828. The lowest BCUT2D eigenvalue weighted by Crippen LogP contribution is -2.14. The molecule has 5 heteroatoms. The first-order valence-electron chi connectivity index (χ1n) is 5.60. The standard InChI is InChI=1S/C14H12BrFN2O/c1-8-3-2-4-10(13(8)15)14(19)18-12-7-9(17)5-6-11(12)16/h2-7H,17H2,1H3,(H,18,19). The molecule has 98 valence electrons. The molecule has 0 saturated carbocycles. The molecule has 0 aliphatic rings. The normalized spacial score (nSPS) is 10.3. The maximum atomic E-state index is 13.5. The zero-order chi connectivity index (χ0) is 14.0. The molecule has 2 aromatic carbocycles. The van der Waals surface area contributed by atoms with E-state index in [1.165, 1.54) is 18.2 Å². The molecule has 3 nitrogen and oxygen atoms in total. The maximum Gasteiger partial charge on any atom is 0.256 e. The summed E-state index contributed by atoms with van der Waals surface area (Å²) in [6.45, 7) is 1.88. The Morgan fingerprint density at radius 3 is 2.79 bits per heavy atom. The van der Waals surface area contributed by atoms with Crippen LogP contribution in [-0.2, 0) is 0 Å². The molecule has 19 heavy (non-hydrogen) atoms. The van der Waals surface area contributed by atoms with Gasteiger partial charge in [0.1, 0.15) is 5.82 Å². The van der Waals surface area contributed by atoms with Gasteiger partial charge in [0.15, 0.2) is 0 Å². The Morgan fingerprint density at radius 1 is 1.32 bits per heavy atom. The molecule has 2 aromatic rings. The number of nitrogens with one attached hydrogen (secondary N) is 1. The summed E-state index contributed by atoms with van der Waals surface area (Å²) in [5, 5.41) is 2.51. The van der Waals surface area contributed by atoms with Gasteiger partial charge in [0.25, 0.3) is 5.91 Å². The summed E-state index contributed by atoms with van der Waals surface area (Å²) < 4.78 is 14.2. The van der Waals surface area contributed by atoms with Crippen LogP contribution in [0.15, 0.2) is 40.9 Å². The molecule has 0 radical (unpaired) electrons. The van der Waals surface area contributed by atoms with Gasteiger partial charge in [-0.05, 0) is 52.7 Å². The number of nitrogens with two attached hydrogens (primary N) is 1. The van der Waals surface area contributed by atoms with E-state index >= 15 is 0 Å². The SMILES string of the molecule is Cc1cccc(C(=O)Nc2cc(N)ccc2F)c1Br. The van der Waals surface area contributed by atoms with Crippen molar-refractivity contribution in [3.8, 4) is 0 Å². The Kier molecular flexibility index (Phi) is 3.85. The second-order valence-electron chi connectivity index (χ2n) is 4.13. The van der Waals surface area contributed by atoms with Crippen LogP contribution in [-0.4, -0.2) is 5.91 Å². The maximum absolute atomic E-state index is 13.5. The molecule has 0 atom stereocenters. The average molecular weight is 323 g/mol. The largest absolute Gasteiger partial charge is 0.399 e. The van der Waals surface area contributed by atoms with Gasteiger partial charge in [-0.3, -0.25) is 4.79 Å². The van der Waals surface area contributed by atoms with E-state index in [-0.39, 0.29) is 11.6 Å². The van der Waals surface area contributed by atoms with Crippen molar-refractivity contribution in [2.75, 3.05) is 11.1 Å². The zero-order valence-corrected chi connectivity index (χ0v) is 11.8. The third-order valence-electron chi connectivity index (χ3n) is 2.68. The van der Waals surface area contributed by atoms with Gasteiger partial charge in [0.2, 0.25) is 0 Å². The highest BCUT2D eigenvalue weighted by molar-refractivity contribution is 9.10. The number of anilines is 2. The molecule has 2 rings (SSSR count). The average Bonchev–Trinajstić information content (AvgIpc) is 2.37. The van der Waals surface area contributed by atoms with Crippen molar-refractivity contribution < 1.29 is 9.18 Å². The predicted octanol–water partition coefficient (Wildman–Crippen LogP) is 3.73. The summed E-state index contributed by atoms with van der Waals surface area (Å²) >= 11 is 3.35. The number of halogens is 2. The van der Waals surface area contributed by atoms with Crippen molar-refractivity contribution in [2.45, 2.75) is 6.92 Å². The lowest BCUT2D eigenvalue weighted by molar-refractivity contribution is 0.102. The molecule has 1 amide bonds. The van der Waals surface area contributed by atoms with Crippen LogP contribution in [0.1, 0.15) is 15.9 Å². The summed E-state index contributed by atoms with van der Waals surface area (Å²) in [4.78, 5) is 12.1. The summed E-state index contributed by atoms with van der Waals surface area (Å²) in [6.07, 6.45) is 0. The van der Waals surface area contributed by atoms with Crippen molar-refractivity contribution in [3.63, 3.8) is 0 Å². The van der Waals surface area contributed by atoms with E-state index in [0.717, 1.165) is 5.56 Å². The van der Waals surface area contributed by atoms with Crippen molar-refractivity contribution in [1.82, 2.24) is 0 Å². The fourth-order valence-corrected chi connectivity index (χ4v) is 2.10. The Balaban J connectivity index is 2.31. The highest BCUT2D eigenvalue weighted by Gasteiger charge is 2.13. The Labute approximate surface area is 118 Å². The Bertz CT molecular complexity index is 643. The van der Waals surface area contributed by atoms with Crippen LogP contribution in [0.3, 0.4) is 0 Å². The second kappa shape index (κ2) is 5.40. The molecule has 0 saturated heterocycles. The number of benzene rings is 2. The first-order chi connectivity index (χ1) is 8.99. The van der Waals surface area contributed by atoms with Crippen molar-refractivity contribution in [1.29, 1.82) is 0 Å². The molecule has 0 aliphatic heterocycles. The van der Waals surface area contributed by atoms with Crippen LogP contribution in [0.2, 0.25) is 0 Å².